The van der Waals surface area contributed by atoms with Crippen molar-refractivity contribution in [2.75, 3.05) is 6.61 Å². The Labute approximate surface area is 151 Å². The Balaban J connectivity index is 1.84. The zero-order valence-electron chi connectivity index (χ0n) is 14.8. The zero-order valence-corrected chi connectivity index (χ0v) is 14.8. The van der Waals surface area contributed by atoms with Crippen molar-refractivity contribution in [2.24, 2.45) is 0 Å². The summed E-state index contributed by atoms with van der Waals surface area (Å²) in [7, 11) is 0. The van der Waals surface area contributed by atoms with Crippen LogP contribution in [0.1, 0.15) is 35.0 Å². The van der Waals surface area contributed by atoms with Crippen LogP contribution in [0.3, 0.4) is 0 Å². The van der Waals surface area contributed by atoms with Gasteiger partial charge >= 0.3 is 0 Å². The number of pyridine rings is 1. The minimum absolute atomic E-state index is 0.0810. The molecule has 0 aliphatic carbocycles. The van der Waals surface area contributed by atoms with E-state index in [4.69, 9.17) is 9.47 Å². The Morgan fingerprint density at radius 3 is 2.77 bits per heavy atom. The summed E-state index contributed by atoms with van der Waals surface area (Å²) in [4.78, 5) is 27.9. The molecule has 6 heteroatoms. The lowest BCUT2D eigenvalue weighted by molar-refractivity contribution is 0.111. The number of hydrogen-bond donors (Lipinski definition) is 0. The maximum atomic E-state index is 12.2. The SMILES string of the molecule is CCCOc1ccc(C=O)c(OCc2cc(=O)n3cc(C)ccc3n2)c1. The lowest BCUT2D eigenvalue weighted by Gasteiger charge is -2.11. The summed E-state index contributed by atoms with van der Waals surface area (Å²) in [5.74, 6) is 1.04. The molecule has 0 amide bonds. The molecule has 26 heavy (non-hydrogen) atoms. The Morgan fingerprint density at radius 1 is 1.15 bits per heavy atom. The van der Waals surface area contributed by atoms with Crippen LogP contribution in [0, 0.1) is 6.92 Å². The average Bonchev–Trinajstić information content (AvgIpc) is 2.65. The Kier molecular flexibility index (Phi) is 5.31. The van der Waals surface area contributed by atoms with E-state index in [1.807, 2.05) is 19.9 Å². The molecule has 0 bridgehead atoms. The lowest BCUT2D eigenvalue weighted by atomic mass is 10.2. The lowest BCUT2D eigenvalue weighted by Crippen LogP contribution is -2.16. The Bertz CT molecular complexity index is 995. The van der Waals surface area contributed by atoms with Crippen molar-refractivity contribution in [2.45, 2.75) is 26.9 Å². The van der Waals surface area contributed by atoms with Crippen molar-refractivity contribution in [3.8, 4) is 11.5 Å². The fourth-order valence-corrected chi connectivity index (χ4v) is 2.53. The molecular formula is C20H20N2O4. The molecule has 0 N–H and O–H groups in total. The van der Waals surface area contributed by atoms with Gasteiger partial charge in [0.1, 0.15) is 23.8 Å². The molecule has 1 aromatic carbocycles. The van der Waals surface area contributed by atoms with E-state index in [1.54, 1.807) is 30.5 Å². The van der Waals surface area contributed by atoms with Gasteiger partial charge in [0, 0.05) is 18.3 Å². The third-order valence-corrected chi connectivity index (χ3v) is 3.82. The van der Waals surface area contributed by atoms with Gasteiger partial charge in [0.15, 0.2) is 6.29 Å². The van der Waals surface area contributed by atoms with Gasteiger partial charge in [-0.05, 0) is 37.1 Å². The van der Waals surface area contributed by atoms with Crippen molar-refractivity contribution in [1.82, 2.24) is 9.38 Å². The second-order valence-electron chi connectivity index (χ2n) is 5.97. The van der Waals surface area contributed by atoms with Crippen LogP contribution < -0.4 is 15.0 Å². The van der Waals surface area contributed by atoms with Gasteiger partial charge in [0.25, 0.3) is 5.56 Å². The van der Waals surface area contributed by atoms with Gasteiger partial charge in [-0.1, -0.05) is 13.0 Å². The molecule has 2 heterocycles. The predicted octanol–water partition coefficient (Wildman–Crippen LogP) is 3.18. The van der Waals surface area contributed by atoms with Crippen LogP contribution in [0.25, 0.3) is 5.65 Å². The highest BCUT2D eigenvalue weighted by atomic mass is 16.5. The Morgan fingerprint density at radius 2 is 2.00 bits per heavy atom. The molecule has 0 aliphatic rings. The molecule has 3 aromatic rings. The van der Waals surface area contributed by atoms with Crippen LogP contribution in [0.2, 0.25) is 0 Å². The quantitative estimate of drug-likeness (QED) is 0.611. The summed E-state index contributed by atoms with van der Waals surface area (Å²) < 4.78 is 12.8. The van der Waals surface area contributed by atoms with E-state index in [0.29, 0.717) is 35.0 Å². The second kappa shape index (κ2) is 7.82. The summed E-state index contributed by atoms with van der Waals surface area (Å²) in [5.41, 5.74) is 2.27. The third kappa shape index (κ3) is 3.91. The number of aryl methyl sites for hydroxylation is 1. The molecule has 0 aliphatic heterocycles. The summed E-state index contributed by atoms with van der Waals surface area (Å²) in [5, 5.41) is 0. The first kappa shape index (κ1) is 17.7. The van der Waals surface area contributed by atoms with E-state index in [9.17, 15) is 9.59 Å². The van der Waals surface area contributed by atoms with Gasteiger partial charge in [0.05, 0.1) is 17.9 Å². The summed E-state index contributed by atoms with van der Waals surface area (Å²) in [6.07, 6.45) is 3.36. The maximum Gasteiger partial charge on any atom is 0.258 e. The van der Waals surface area contributed by atoms with Crippen LogP contribution in [0.4, 0.5) is 0 Å². The summed E-state index contributed by atoms with van der Waals surface area (Å²) >= 11 is 0. The fourth-order valence-electron chi connectivity index (χ4n) is 2.53. The molecule has 0 spiro atoms. The number of aldehydes is 1. The van der Waals surface area contributed by atoms with Crippen LogP contribution in [0.5, 0.6) is 11.5 Å². The minimum atomic E-state index is -0.173. The monoisotopic (exact) mass is 352 g/mol. The topological polar surface area (TPSA) is 69.9 Å². The zero-order chi connectivity index (χ0) is 18.5. The van der Waals surface area contributed by atoms with E-state index >= 15 is 0 Å². The Hall–Kier alpha value is -3.15. The number of carbonyl (C=O) groups excluding carboxylic acids is 1. The normalized spacial score (nSPS) is 10.7. The molecule has 0 saturated heterocycles. The maximum absolute atomic E-state index is 12.2. The molecule has 3 rings (SSSR count). The van der Waals surface area contributed by atoms with Gasteiger partial charge in [-0.15, -0.1) is 0 Å². The number of benzene rings is 1. The van der Waals surface area contributed by atoms with Crippen LogP contribution >= 0.6 is 0 Å². The molecule has 0 fully saturated rings. The number of hydrogen-bond acceptors (Lipinski definition) is 5. The molecule has 134 valence electrons. The van der Waals surface area contributed by atoms with E-state index in [2.05, 4.69) is 4.98 Å². The molecule has 6 nitrogen and oxygen atoms in total. The largest absolute Gasteiger partial charge is 0.493 e. The van der Waals surface area contributed by atoms with Crippen LogP contribution in [0.15, 0.2) is 47.4 Å². The number of carbonyl (C=O) groups is 1. The second-order valence-corrected chi connectivity index (χ2v) is 5.97. The van der Waals surface area contributed by atoms with E-state index in [-0.39, 0.29) is 12.2 Å². The summed E-state index contributed by atoms with van der Waals surface area (Å²) in [6.45, 7) is 4.60. The smallest absolute Gasteiger partial charge is 0.258 e. The van der Waals surface area contributed by atoms with Crippen molar-refractivity contribution in [3.05, 3.63) is 69.8 Å². The summed E-state index contributed by atoms with van der Waals surface area (Å²) in [6, 6.07) is 10.2. The number of ether oxygens (including phenoxy) is 2. The van der Waals surface area contributed by atoms with Crippen molar-refractivity contribution in [1.29, 1.82) is 0 Å². The first-order valence-electron chi connectivity index (χ1n) is 8.44. The van der Waals surface area contributed by atoms with Gasteiger partial charge in [-0.2, -0.15) is 0 Å². The van der Waals surface area contributed by atoms with Gasteiger partial charge in [-0.3, -0.25) is 14.0 Å². The molecule has 0 radical (unpaired) electrons. The van der Waals surface area contributed by atoms with Crippen LogP contribution in [-0.2, 0) is 6.61 Å². The highest BCUT2D eigenvalue weighted by molar-refractivity contribution is 5.79. The van der Waals surface area contributed by atoms with Crippen molar-refractivity contribution < 1.29 is 14.3 Å². The molecule has 0 saturated carbocycles. The first-order valence-corrected chi connectivity index (χ1v) is 8.44. The first-order chi connectivity index (χ1) is 12.6. The van der Waals surface area contributed by atoms with E-state index < -0.39 is 0 Å². The highest BCUT2D eigenvalue weighted by Crippen LogP contribution is 2.24. The van der Waals surface area contributed by atoms with E-state index in [1.165, 1.54) is 10.5 Å². The van der Waals surface area contributed by atoms with Gasteiger partial charge in [-0.25, -0.2) is 4.98 Å². The predicted molar refractivity (Wildman–Crippen MR) is 98.1 cm³/mol. The average molecular weight is 352 g/mol. The number of nitrogens with zero attached hydrogens (tertiary/aromatic N) is 2. The highest BCUT2D eigenvalue weighted by Gasteiger charge is 2.08. The van der Waals surface area contributed by atoms with E-state index in [0.717, 1.165) is 18.3 Å². The number of aromatic nitrogens is 2. The fraction of sp³-hybridized carbons (Fsp3) is 0.250. The van der Waals surface area contributed by atoms with Crippen molar-refractivity contribution >= 4 is 11.9 Å². The van der Waals surface area contributed by atoms with Gasteiger partial charge in [0.2, 0.25) is 0 Å². The molecular weight excluding hydrogens is 332 g/mol. The number of rotatable bonds is 7. The molecule has 0 atom stereocenters. The minimum Gasteiger partial charge on any atom is -0.493 e. The number of fused-ring (bicyclic) bond motifs is 1. The van der Waals surface area contributed by atoms with Crippen molar-refractivity contribution in [3.63, 3.8) is 0 Å². The third-order valence-electron chi connectivity index (χ3n) is 3.82. The van der Waals surface area contributed by atoms with Crippen LogP contribution in [-0.4, -0.2) is 22.3 Å². The standard InChI is InChI=1S/C20H20N2O4/c1-3-8-25-17-6-5-15(12-23)18(10-17)26-13-16-9-20(24)22-11-14(2)4-7-19(22)21-16/h4-7,9-12H,3,8,13H2,1-2H3. The van der Waals surface area contributed by atoms with Gasteiger partial charge < -0.3 is 9.47 Å². The molecule has 0 unspecified atom stereocenters. The molecule has 2 aromatic heterocycles.